The third kappa shape index (κ3) is 3.35. The minimum Gasteiger partial charge on any atom is -0.207 e. The molecule has 0 atom stereocenters. The molecule has 108 valence electrons. The summed E-state index contributed by atoms with van der Waals surface area (Å²) in [6.07, 6.45) is 0. The summed E-state index contributed by atoms with van der Waals surface area (Å²) in [5, 5.41) is 2.16. The molecule has 0 unspecified atom stereocenters. The molecule has 0 saturated carbocycles. The summed E-state index contributed by atoms with van der Waals surface area (Å²) in [7, 11) is -1.98. The molecule has 0 aliphatic heterocycles. The number of benzene rings is 1. The summed E-state index contributed by atoms with van der Waals surface area (Å²) in [5.74, 6) is 0.314. The van der Waals surface area contributed by atoms with Gasteiger partial charge in [-0.1, -0.05) is 29.8 Å². The average molecular weight is 350 g/mol. The summed E-state index contributed by atoms with van der Waals surface area (Å²) in [6, 6.07) is 8.81. The van der Waals surface area contributed by atoms with Crippen molar-refractivity contribution in [1.82, 2.24) is 4.31 Å². The molecule has 1 aromatic carbocycles. The van der Waals surface area contributed by atoms with E-state index in [0.29, 0.717) is 10.9 Å². The highest BCUT2D eigenvalue weighted by Gasteiger charge is 2.22. The van der Waals surface area contributed by atoms with Crippen LogP contribution in [-0.2, 0) is 22.4 Å². The monoisotopic (exact) mass is 349 g/mol. The van der Waals surface area contributed by atoms with Crippen molar-refractivity contribution in [2.24, 2.45) is 0 Å². The molecule has 0 bridgehead atoms. The van der Waals surface area contributed by atoms with Gasteiger partial charge in [-0.3, -0.25) is 0 Å². The maximum atomic E-state index is 12.4. The first-order chi connectivity index (χ1) is 9.45. The summed E-state index contributed by atoms with van der Waals surface area (Å²) < 4.78 is 26.1. The van der Waals surface area contributed by atoms with E-state index in [1.54, 1.807) is 17.5 Å². The molecule has 20 heavy (non-hydrogen) atoms. The average Bonchev–Trinajstić information content (AvgIpc) is 2.90. The Bertz CT molecular complexity index is 698. The lowest BCUT2D eigenvalue weighted by Gasteiger charge is -2.17. The molecule has 0 saturated heterocycles. The first kappa shape index (κ1) is 15.8. The maximum absolute atomic E-state index is 12.4. The van der Waals surface area contributed by atoms with Crippen molar-refractivity contribution < 1.29 is 8.42 Å². The quantitative estimate of drug-likeness (QED) is 0.766. The molecule has 2 rings (SSSR count). The van der Waals surface area contributed by atoms with Gasteiger partial charge < -0.3 is 0 Å². The predicted octanol–water partition coefficient (Wildman–Crippen LogP) is 3.96. The van der Waals surface area contributed by atoms with E-state index in [1.165, 1.54) is 22.7 Å². The Labute approximate surface area is 132 Å². The van der Waals surface area contributed by atoms with Crippen LogP contribution in [0, 0.1) is 0 Å². The van der Waals surface area contributed by atoms with Crippen LogP contribution in [0.2, 0.25) is 5.02 Å². The molecule has 1 heterocycles. The van der Waals surface area contributed by atoms with Crippen LogP contribution in [-0.4, -0.2) is 19.8 Å². The van der Waals surface area contributed by atoms with Gasteiger partial charge in [0.25, 0.3) is 0 Å². The number of halogens is 2. The molecule has 0 radical (unpaired) electrons. The molecule has 0 amide bonds. The zero-order chi connectivity index (χ0) is 14.8. The Morgan fingerprint density at radius 3 is 2.60 bits per heavy atom. The number of thiophene rings is 1. The van der Waals surface area contributed by atoms with Gasteiger partial charge in [0.1, 0.15) is 0 Å². The van der Waals surface area contributed by atoms with E-state index in [1.807, 2.05) is 18.2 Å². The normalized spacial score (nSPS) is 12.0. The van der Waals surface area contributed by atoms with Gasteiger partial charge in [-0.25, -0.2) is 8.42 Å². The van der Waals surface area contributed by atoms with Crippen LogP contribution >= 0.6 is 34.5 Å². The molecule has 0 aliphatic rings. The topological polar surface area (TPSA) is 37.4 Å². The highest BCUT2D eigenvalue weighted by Crippen LogP contribution is 2.25. The molecule has 0 N–H and O–H groups in total. The Morgan fingerprint density at radius 2 is 2.00 bits per heavy atom. The Kier molecular flexibility index (Phi) is 5.09. The maximum Gasteiger partial charge on any atom is 0.243 e. The molecular formula is C13H13Cl2NO2S2. The van der Waals surface area contributed by atoms with Crippen molar-refractivity contribution in [3.63, 3.8) is 0 Å². The van der Waals surface area contributed by atoms with Gasteiger partial charge >= 0.3 is 0 Å². The van der Waals surface area contributed by atoms with Crippen molar-refractivity contribution in [2.75, 3.05) is 7.05 Å². The van der Waals surface area contributed by atoms with Crippen LogP contribution in [0.1, 0.15) is 10.4 Å². The molecule has 0 spiro atoms. The van der Waals surface area contributed by atoms with E-state index in [4.69, 9.17) is 23.2 Å². The molecule has 3 nitrogen and oxygen atoms in total. The first-order valence-electron chi connectivity index (χ1n) is 5.78. The molecule has 2 aromatic rings. The Morgan fingerprint density at radius 1 is 1.30 bits per heavy atom. The highest BCUT2D eigenvalue weighted by atomic mass is 35.5. The lowest BCUT2D eigenvalue weighted by Crippen LogP contribution is -2.26. The van der Waals surface area contributed by atoms with Crippen LogP contribution < -0.4 is 0 Å². The number of alkyl halides is 1. The van der Waals surface area contributed by atoms with E-state index in [9.17, 15) is 8.42 Å². The summed E-state index contributed by atoms with van der Waals surface area (Å²) in [4.78, 5) is 1.10. The SMILES string of the molecule is CN(Cc1ccccc1Cl)S(=O)(=O)c1csc(CCl)c1. The lowest BCUT2D eigenvalue weighted by atomic mass is 10.2. The van der Waals surface area contributed by atoms with Crippen molar-refractivity contribution in [1.29, 1.82) is 0 Å². The fraction of sp³-hybridized carbons (Fsp3) is 0.231. The number of hydrogen-bond acceptors (Lipinski definition) is 3. The summed E-state index contributed by atoms with van der Waals surface area (Å²) >= 11 is 13.1. The minimum atomic E-state index is -3.52. The van der Waals surface area contributed by atoms with Gasteiger partial charge in [-0.2, -0.15) is 4.31 Å². The number of sulfonamides is 1. The van der Waals surface area contributed by atoms with E-state index >= 15 is 0 Å². The number of hydrogen-bond donors (Lipinski definition) is 0. The second kappa shape index (κ2) is 6.45. The van der Waals surface area contributed by atoms with Crippen LogP contribution in [0.3, 0.4) is 0 Å². The standard InChI is InChI=1S/C13H13Cl2NO2S2/c1-16(8-10-4-2-3-5-13(10)15)20(17,18)12-6-11(7-14)19-9-12/h2-6,9H,7-8H2,1H3. The lowest BCUT2D eigenvalue weighted by molar-refractivity contribution is 0.467. The minimum absolute atomic E-state index is 0.230. The highest BCUT2D eigenvalue weighted by molar-refractivity contribution is 7.89. The van der Waals surface area contributed by atoms with Crippen molar-refractivity contribution >= 4 is 44.6 Å². The van der Waals surface area contributed by atoms with Gasteiger partial charge in [0.15, 0.2) is 0 Å². The largest absolute Gasteiger partial charge is 0.243 e. The van der Waals surface area contributed by atoms with E-state index in [0.717, 1.165) is 10.4 Å². The van der Waals surface area contributed by atoms with Crippen molar-refractivity contribution in [3.05, 3.63) is 51.2 Å². The van der Waals surface area contributed by atoms with E-state index < -0.39 is 10.0 Å². The van der Waals surface area contributed by atoms with Crippen LogP contribution in [0.4, 0.5) is 0 Å². The van der Waals surface area contributed by atoms with Crippen LogP contribution in [0.15, 0.2) is 40.6 Å². The first-order valence-corrected chi connectivity index (χ1v) is 9.01. The van der Waals surface area contributed by atoms with Crippen molar-refractivity contribution in [3.8, 4) is 0 Å². The molecular weight excluding hydrogens is 337 g/mol. The van der Waals surface area contributed by atoms with Gasteiger partial charge in [0.2, 0.25) is 10.0 Å². The second-order valence-corrected chi connectivity index (χ2v) is 7.95. The molecule has 0 fully saturated rings. The van der Waals surface area contributed by atoms with Gasteiger partial charge in [-0.15, -0.1) is 22.9 Å². The number of nitrogens with zero attached hydrogens (tertiary/aromatic N) is 1. The third-order valence-corrected chi connectivity index (χ3v) is 6.50. The van der Waals surface area contributed by atoms with E-state index in [2.05, 4.69) is 0 Å². The van der Waals surface area contributed by atoms with Gasteiger partial charge in [0, 0.05) is 28.9 Å². The molecule has 0 aliphatic carbocycles. The predicted molar refractivity (Wildman–Crippen MR) is 84.0 cm³/mol. The van der Waals surface area contributed by atoms with Crippen LogP contribution in [0.5, 0.6) is 0 Å². The fourth-order valence-electron chi connectivity index (χ4n) is 1.70. The van der Waals surface area contributed by atoms with Gasteiger partial charge in [-0.05, 0) is 17.7 Å². The van der Waals surface area contributed by atoms with Crippen LogP contribution in [0.25, 0.3) is 0 Å². The molecule has 7 heteroatoms. The third-order valence-electron chi connectivity index (χ3n) is 2.82. The zero-order valence-corrected chi connectivity index (χ0v) is 13.9. The van der Waals surface area contributed by atoms with Gasteiger partial charge in [0.05, 0.1) is 10.8 Å². The zero-order valence-electron chi connectivity index (χ0n) is 10.7. The van der Waals surface area contributed by atoms with Crippen molar-refractivity contribution in [2.45, 2.75) is 17.3 Å². The number of rotatable bonds is 5. The summed E-state index contributed by atoms with van der Waals surface area (Å²) in [5.41, 5.74) is 0.771. The van der Waals surface area contributed by atoms with E-state index in [-0.39, 0.29) is 11.4 Å². The molecule has 1 aromatic heterocycles. The Balaban J connectivity index is 2.23. The smallest absolute Gasteiger partial charge is 0.207 e. The second-order valence-electron chi connectivity index (χ2n) is 4.23. The summed E-state index contributed by atoms with van der Waals surface area (Å²) in [6.45, 7) is 0.230. The fourth-order valence-corrected chi connectivity index (χ4v) is 4.42. The Hall–Kier alpha value is -0.590.